The summed E-state index contributed by atoms with van der Waals surface area (Å²) in [5.74, 6) is 0.888. The molecule has 0 atom stereocenters. The first kappa shape index (κ1) is 15.7. The van der Waals surface area contributed by atoms with Gasteiger partial charge in [0.05, 0.1) is 18.1 Å². The Morgan fingerprint density at radius 1 is 0.808 bits per heavy atom. The molecule has 3 heteroatoms. The zero-order chi connectivity index (χ0) is 17.7. The summed E-state index contributed by atoms with van der Waals surface area (Å²) in [6.45, 7) is 0. The molecule has 26 heavy (non-hydrogen) atoms. The van der Waals surface area contributed by atoms with Gasteiger partial charge in [0.2, 0.25) is 0 Å². The average Bonchev–Trinajstić information content (AvgIpc) is 3.17. The predicted molar refractivity (Wildman–Crippen MR) is 117 cm³/mol. The highest BCUT2D eigenvalue weighted by atomic mass is 127. The smallest absolute Gasteiger partial charge is 0.119 e. The van der Waals surface area contributed by atoms with Crippen molar-refractivity contribution < 1.29 is 4.74 Å². The first-order valence-corrected chi connectivity index (χ1v) is 9.59. The summed E-state index contributed by atoms with van der Waals surface area (Å²) >= 11 is 2.49. The van der Waals surface area contributed by atoms with Crippen molar-refractivity contribution in [1.82, 2.24) is 4.40 Å². The van der Waals surface area contributed by atoms with Gasteiger partial charge in [-0.2, -0.15) is 0 Å². The highest BCUT2D eigenvalue weighted by Gasteiger charge is 2.14. The quantitative estimate of drug-likeness (QED) is 0.280. The molecule has 0 aliphatic rings. The van der Waals surface area contributed by atoms with E-state index in [0.717, 1.165) is 5.75 Å². The number of para-hydroxylation sites is 1. The molecular formula is C23H16INO. The first-order chi connectivity index (χ1) is 12.8. The van der Waals surface area contributed by atoms with Crippen molar-refractivity contribution in [2.75, 3.05) is 7.11 Å². The number of methoxy groups -OCH3 is 1. The molecule has 0 saturated carbocycles. The minimum absolute atomic E-state index is 0.888. The molecule has 2 aromatic heterocycles. The maximum Gasteiger partial charge on any atom is 0.119 e. The Morgan fingerprint density at radius 2 is 1.58 bits per heavy atom. The van der Waals surface area contributed by atoms with Crippen LogP contribution in [0.15, 0.2) is 79.0 Å². The second kappa shape index (κ2) is 6.02. The van der Waals surface area contributed by atoms with Gasteiger partial charge in [0, 0.05) is 20.7 Å². The number of aromatic nitrogens is 1. The van der Waals surface area contributed by atoms with E-state index in [1.54, 1.807) is 7.11 Å². The number of ether oxygens (including phenoxy) is 1. The fourth-order valence-corrected chi connectivity index (χ4v) is 4.74. The molecule has 0 saturated heterocycles. The molecule has 0 radical (unpaired) electrons. The SMILES string of the molecule is COc1ccc2cc(-c3c(I)c4ccccc4n4cccc34)ccc2c1. The zero-order valence-electron chi connectivity index (χ0n) is 14.2. The molecule has 0 aliphatic heterocycles. The summed E-state index contributed by atoms with van der Waals surface area (Å²) in [6, 6.07) is 25.8. The summed E-state index contributed by atoms with van der Waals surface area (Å²) < 4.78 is 8.92. The van der Waals surface area contributed by atoms with Gasteiger partial charge in [-0.15, -0.1) is 0 Å². The van der Waals surface area contributed by atoms with Crippen molar-refractivity contribution in [2.24, 2.45) is 0 Å². The number of pyridine rings is 1. The van der Waals surface area contributed by atoms with E-state index in [1.165, 1.54) is 41.9 Å². The number of benzene rings is 3. The number of hydrogen-bond donors (Lipinski definition) is 0. The first-order valence-electron chi connectivity index (χ1n) is 8.52. The van der Waals surface area contributed by atoms with E-state index in [9.17, 15) is 0 Å². The van der Waals surface area contributed by atoms with E-state index in [2.05, 4.69) is 99.9 Å². The number of fused-ring (bicyclic) bond motifs is 4. The standard InChI is InChI=1S/C23H16INO/c1-26-18-11-10-15-13-17(9-8-16(15)14-18)22-21-7-4-12-25(21)20-6-3-2-5-19(20)23(22)24/h2-14H,1H3. The number of nitrogens with zero attached hydrogens (tertiary/aromatic N) is 1. The lowest BCUT2D eigenvalue weighted by atomic mass is 9.99. The molecule has 2 heterocycles. The molecule has 0 unspecified atom stereocenters. The lowest BCUT2D eigenvalue weighted by molar-refractivity contribution is 0.415. The summed E-state index contributed by atoms with van der Waals surface area (Å²) in [4.78, 5) is 0. The van der Waals surface area contributed by atoms with E-state index in [0.29, 0.717) is 0 Å². The number of rotatable bonds is 2. The van der Waals surface area contributed by atoms with Gasteiger partial charge in [0.1, 0.15) is 5.75 Å². The molecule has 0 spiro atoms. The average molecular weight is 449 g/mol. The van der Waals surface area contributed by atoms with Gasteiger partial charge < -0.3 is 9.14 Å². The van der Waals surface area contributed by atoms with Gasteiger partial charge in [-0.1, -0.05) is 36.4 Å². The molecular weight excluding hydrogens is 433 g/mol. The molecule has 3 aromatic carbocycles. The van der Waals surface area contributed by atoms with Crippen LogP contribution in [0.1, 0.15) is 0 Å². The van der Waals surface area contributed by atoms with E-state index >= 15 is 0 Å². The van der Waals surface area contributed by atoms with Crippen LogP contribution < -0.4 is 4.74 Å². The zero-order valence-corrected chi connectivity index (χ0v) is 16.4. The third-order valence-electron chi connectivity index (χ3n) is 4.96. The van der Waals surface area contributed by atoms with E-state index in [1.807, 2.05) is 6.07 Å². The third kappa shape index (κ3) is 2.31. The summed E-state index contributed by atoms with van der Waals surface area (Å²) in [6.07, 6.45) is 2.14. The third-order valence-corrected chi connectivity index (χ3v) is 6.08. The second-order valence-electron chi connectivity index (χ2n) is 6.40. The molecule has 2 nitrogen and oxygen atoms in total. The van der Waals surface area contributed by atoms with Crippen LogP contribution in [0.25, 0.3) is 38.3 Å². The maximum atomic E-state index is 5.35. The lowest BCUT2D eigenvalue weighted by Gasteiger charge is -2.14. The minimum Gasteiger partial charge on any atom is -0.497 e. The molecule has 0 aliphatic carbocycles. The van der Waals surface area contributed by atoms with Crippen molar-refractivity contribution in [3.05, 3.63) is 82.6 Å². The minimum atomic E-state index is 0.888. The fourth-order valence-electron chi connectivity index (χ4n) is 3.69. The van der Waals surface area contributed by atoms with Crippen LogP contribution in [0.3, 0.4) is 0 Å². The van der Waals surface area contributed by atoms with Crippen molar-refractivity contribution in [2.45, 2.75) is 0 Å². The molecule has 0 N–H and O–H groups in total. The summed E-state index contributed by atoms with van der Waals surface area (Å²) in [5, 5.41) is 3.69. The van der Waals surface area contributed by atoms with Crippen molar-refractivity contribution in [1.29, 1.82) is 0 Å². The largest absolute Gasteiger partial charge is 0.497 e. The highest BCUT2D eigenvalue weighted by molar-refractivity contribution is 14.1. The Kier molecular flexibility index (Phi) is 3.64. The van der Waals surface area contributed by atoms with Crippen LogP contribution in [0.2, 0.25) is 0 Å². The summed E-state index contributed by atoms with van der Waals surface area (Å²) in [5.41, 5.74) is 5.00. The Bertz CT molecular complexity index is 1290. The lowest BCUT2D eigenvalue weighted by Crippen LogP contribution is -1.94. The molecule has 0 fully saturated rings. The van der Waals surface area contributed by atoms with Gasteiger partial charge in [0.25, 0.3) is 0 Å². The predicted octanol–water partition coefficient (Wildman–Crippen LogP) is 6.53. The summed E-state index contributed by atoms with van der Waals surface area (Å²) in [7, 11) is 1.70. The molecule has 5 rings (SSSR count). The van der Waals surface area contributed by atoms with Crippen molar-refractivity contribution in [3.8, 4) is 16.9 Å². The van der Waals surface area contributed by atoms with Crippen LogP contribution in [0.5, 0.6) is 5.75 Å². The fraction of sp³-hybridized carbons (Fsp3) is 0.0435. The van der Waals surface area contributed by atoms with Crippen LogP contribution in [0.4, 0.5) is 0 Å². The van der Waals surface area contributed by atoms with Crippen LogP contribution in [-0.2, 0) is 0 Å². The van der Waals surface area contributed by atoms with E-state index in [4.69, 9.17) is 4.74 Å². The molecule has 0 bridgehead atoms. The second-order valence-corrected chi connectivity index (χ2v) is 7.48. The Morgan fingerprint density at radius 3 is 2.46 bits per heavy atom. The molecule has 126 valence electrons. The van der Waals surface area contributed by atoms with Gasteiger partial charge in [0.15, 0.2) is 0 Å². The molecule has 5 aromatic rings. The van der Waals surface area contributed by atoms with Gasteiger partial charge in [-0.3, -0.25) is 0 Å². The monoisotopic (exact) mass is 449 g/mol. The van der Waals surface area contributed by atoms with Crippen LogP contribution in [0, 0.1) is 3.57 Å². The van der Waals surface area contributed by atoms with Gasteiger partial charge >= 0.3 is 0 Å². The van der Waals surface area contributed by atoms with Gasteiger partial charge in [-0.05, 0) is 75.3 Å². The maximum absolute atomic E-state index is 5.35. The Balaban J connectivity index is 1.84. The number of hydrogen-bond acceptors (Lipinski definition) is 1. The van der Waals surface area contributed by atoms with Crippen LogP contribution in [-0.4, -0.2) is 11.5 Å². The Labute approximate surface area is 165 Å². The van der Waals surface area contributed by atoms with E-state index < -0.39 is 0 Å². The normalized spacial score (nSPS) is 11.5. The topological polar surface area (TPSA) is 13.6 Å². The highest BCUT2D eigenvalue weighted by Crippen LogP contribution is 2.37. The number of halogens is 1. The van der Waals surface area contributed by atoms with E-state index in [-0.39, 0.29) is 0 Å². The van der Waals surface area contributed by atoms with Crippen LogP contribution >= 0.6 is 22.6 Å². The van der Waals surface area contributed by atoms with Gasteiger partial charge in [-0.25, -0.2) is 0 Å². The Hall–Kier alpha value is -2.53. The van der Waals surface area contributed by atoms with Crippen molar-refractivity contribution in [3.63, 3.8) is 0 Å². The molecule has 0 amide bonds. The van der Waals surface area contributed by atoms with Crippen molar-refractivity contribution >= 4 is 49.8 Å².